The minimum absolute atomic E-state index is 0.154. The number of para-hydroxylation sites is 1. The fraction of sp³-hybridized carbons (Fsp3) is 0.300. The number of rotatable bonds is 3. The molecule has 1 aliphatic heterocycles. The van der Waals surface area contributed by atoms with Crippen LogP contribution in [-0.2, 0) is 9.59 Å². The molecule has 2 aromatic carbocycles. The first kappa shape index (κ1) is 16.2. The third-order valence-corrected chi connectivity index (χ3v) is 4.66. The second kappa shape index (κ2) is 6.11. The number of aryl methyl sites for hydroxylation is 4. The molecule has 124 valence electrons. The maximum Gasteiger partial charge on any atom is 0.256 e. The van der Waals surface area contributed by atoms with Crippen molar-refractivity contribution in [3.8, 4) is 0 Å². The standard InChI is InChI=1S/C20H22N2O2/c1-12-8-9-16(10-15(12)4)21-17-11-18(23)22(20(17)24)19-13(2)6-5-7-14(19)3/h5-10,17,21H,11H2,1-4H3/t17-/m0/s1. The van der Waals surface area contributed by atoms with Gasteiger partial charge >= 0.3 is 0 Å². The lowest BCUT2D eigenvalue weighted by Crippen LogP contribution is -2.35. The lowest BCUT2D eigenvalue weighted by Gasteiger charge is -2.20. The van der Waals surface area contributed by atoms with Crippen molar-refractivity contribution in [1.82, 2.24) is 0 Å². The van der Waals surface area contributed by atoms with E-state index in [2.05, 4.69) is 5.32 Å². The van der Waals surface area contributed by atoms with Crippen molar-refractivity contribution in [2.24, 2.45) is 0 Å². The number of hydrogen-bond acceptors (Lipinski definition) is 3. The van der Waals surface area contributed by atoms with Crippen molar-refractivity contribution >= 4 is 23.2 Å². The van der Waals surface area contributed by atoms with Crippen LogP contribution in [0.15, 0.2) is 36.4 Å². The van der Waals surface area contributed by atoms with Gasteiger partial charge in [0.05, 0.1) is 12.1 Å². The number of imide groups is 1. The number of nitrogens with one attached hydrogen (secondary N) is 1. The van der Waals surface area contributed by atoms with Gasteiger partial charge in [0.1, 0.15) is 6.04 Å². The molecule has 2 aromatic rings. The van der Waals surface area contributed by atoms with Crippen molar-refractivity contribution in [2.45, 2.75) is 40.2 Å². The van der Waals surface area contributed by atoms with E-state index in [-0.39, 0.29) is 18.2 Å². The molecule has 24 heavy (non-hydrogen) atoms. The Morgan fingerprint density at radius 2 is 1.58 bits per heavy atom. The minimum atomic E-state index is -0.515. The zero-order valence-corrected chi connectivity index (χ0v) is 14.5. The number of amides is 2. The van der Waals surface area contributed by atoms with E-state index in [1.165, 1.54) is 10.5 Å². The summed E-state index contributed by atoms with van der Waals surface area (Å²) in [6.07, 6.45) is 0.180. The summed E-state index contributed by atoms with van der Waals surface area (Å²) in [4.78, 5) is 26.6. The first-order chi connectivity index (χ1) is 11.4. The summed E-state index contributed by atoms with van der Waals surface area (Å²) in [5.41, 5.74) is 5.81. The van der Waals surface area contributed by atoms with Gasteiger partial charge in [-0.2, -0.15) is 0 Å². The molecule has 1 aliphatic rings. The predicted octanol–water partition coefficient (Wildman–Crippen LogP) is 3.66. The van der Waals surface area contributed by atoms with E-state index in [9.17, 15) is 9.59 Å². The third kappa shape index (κ3) is 2.80. The summed E-state index contributed by atoms with van der Waals surface area (Å²) in [5.74, 6) is -0.339. The van der Waals surface area contributed by atoms with Gasteiger partial charge in [0.25, 0.3) is 5.91 Å². The highest BCUT2D eigenvalue weighted by atomic mass is 16.2. The molecule has 4 heteroatoms. The first-order valence-electron chi connectivity index (χ1n) is 8.15. The van der Waals surface area contributed by atoms with Crippen LogP contribution in [0.4, 0.5) is 11.4 Å². The van der Waals surface area contributed by atoms with Gasteiger partial charge in [0.2, 0.25) is 5.91 Å². The van der Waals surface area contributed by atoms with Gasteiger partial charge in [-0.15, -0.1) is 0 Å². The summed E-state index contributed by atoms with van der Waals surface area (Å²) in [6, 6.07) is 11.2. The third-order valence-electron chi connectivity index (χ3n) is 4.66. The molecule has 1 N–H and O–H groups in total. The molecule has 3 rings (SSSR count). The largest absolute Gasteiger partial charge is 0.373 e. The maximum absolute atomic E-state index is 12.8. The van der Waals surface area contributed by atoms with E-state index in [0.29, 0.717) is 0 Å². The molecule has 1 heterocycles. The molecule has 1 fully saturated rings. The van der Waals surface area contributed by atoms with Crippen LogP contribution >= 0.6 is 0 Å². The van der Waals surface area contributed by atoms with Crippen LogP contribution in [-0.4, -0.2) is 17.9 Å². The normalized spacial score (nSPS) is 17.5. The van der Waals surface area contributed by atoms with Crippen molar-refractivity contribution in [3.63, 3.8) is 0 Å². The average Bonchev–Trinajstić information content (AvgIpc) is 2.78. The van der Waals surface area contributed by atoms with Gasteiger partial charge in [-0.05, 0) is 62.1 Å². The molecule has 0 saturated carbocycles. The fourth-order valence-corrected chi connectivity index (χ4v) is 3.17. The first-order valence-corrected chi connectivity index (χ1v) is 8.15. The number of hydrogen-bond donors (Lipinski definition) is 1. The Bertz CT molecular complexity index is 806. The summed E-state index contributed by atoms with van der Waals surface area (Å²) >= 11 is 0. The van der Waals surface area contributed by atoms with Crippen molar-refractivity contribution in [1.29, 1.82) is 0 Å². The van der Waals surface area contributed by atoms with E-state index in [0.717, 1.165) is 28.1 Å². The van der Waals surface area contributed by atoms with Gasteiger partial charge in [-0.1, -0.05) is 24.3 Å². The summed E-state index contributed by atoms with van der Waals surface area (Å²) < 4.78 is 0. The molecule has 0 aromatic heterocycles. The zero-order chi connectivity index (χ0) is 17.4. The van der Waals surface area contributed by atoms with Crippen molar-refractivity contribution in [2.75, 3.05) is 10.2 Å². The van der Waals surface area contributed by atoms with Crippen LogP contribution < -0.4 is 10.2 Å². The average molecular weight is 322 g/mol. The minimum Gasteiger partial charge on any atom is -0.373 e. The molecular weight excluding hydrogens is 300 g/mol. The Hall–Kier alpha value is -2.62. The topological polar surface area (TPSA) is 49.4 Å². The van der Waals surface area contributed by atoms with Gasteiger partial charge in [0, 0.05) is 5.69 Å². The summed E-state index contributed by atoms with van der Waals surface area (Å²) in [6.45, 7) is 7.93. The number of benzene rings is 2. The van der Waals surface area contributed by atoms with Gasteiger partial charge in [-0.3, -0.25) is 9.59 Å². The molecule has 0 unspecified atom stereocenters. The van der Waals surface area contributed by atoms with E-state index < -0.39 is 6.04 Å². The molecule has 1 saturated heterocycles. The predicted molar refractivity (Wildman–Crippen MR) is 96.4 cm³/mol. The van der Waals surface area contributed by atoms with Crippen molar-refractivity contribution in [3.05, 3.63) is 58.7 Å². The van der Waals surface area contributed by atoms with Crippen LogP contribution in [0, 0.1) is 27.7 Å². The molecule has 1 atom stereocenters. The van der Waals surface area contributed by atoms with E-state index in [1.54, 1.807) is 0 Å². The Morgan fingerprint density at radius 1 is 0.917 bits per heavy atom. The number of carbonyl (C=O) groups is 2. The van der Waals surface area contributed by atoms with Gasteiger partial charge in [-0.25, -0.2) is 4.90 Å². The van der Waals surface area contributed by atoms with E-state index in [4.69, 9.17) is 0 Å². The fourth-order valence-electron chi connectivity index (χ4n) is 3.17. The molecular formula is C20H22N2O2. The highest BCUT2D eigenvalue weighted by Crippen LogP contribution is 2.30. The SMILES string of the molecule is Cc1ccc(N[C@H]2CC(=O)N(c3c(C)cccc3C)C2=O)cc1C. The number of carbonyl (C=O) groups excluding carboxylic acids is 2. The summed E-state index contributed by atoms with van der Waals surface area (Å²) in [7, 11) is 0. The second-order valence-corrected chi connectivity index (χ2v) is 6.51. The van der Waals surface area contributed by atoms with Crippen LogP contribution in [0.3, 0.4) is 0 Å². The number of anilines is 2. The van der Waals surface area contributed by atoms with Crippen LogP contribution in [0.5, 0.6) is 0 Å². The quantitative estimate of drug-likeness (QED) is 0.877. The van der Waals surface area contributed by atoms with Crippen LogP contribution in [0.1, 0.15) is 28.7 Å². The lowest BCUT2D eigenvalue weighted by atomic mass is 10.1. The molecule has 2 amide bonds. The van der Waals surface area contributed by atoms with Gasteiger partial charge in [0.15, 0.2) is 0 Å². The molecule has 0 radical (unpaired) electrons. The molecule has 0 bridgehead atoms. The lowest BCUT2D eigenvalue weighted by molar-refractivity contribution is -0.121. The Kier molecular flexibility index (Phi) is 4.14. The van der Waals surface area contributed by atoms with E-state index in [1.807, 2.05) is 64.1 Å². The molecule has 0 aliphatic carbocycles. The highest BCUT2D eigenvalue weighted by Gasteiger charge is 2.40. The Morgan fingerprint density at radius 3 is 2.21 bits per heavy atom. The monoisotopic (exact) mass is 322 g/mol. The van der Waals surface area contributed by atoms with Gasteiger partial charge < -0.3 is 5.32 Å². The summed E-state index contributed by atoms with van der Waals surface area (Å²) in [5, 5.41) is 3.22. The van der Waals surface area contributed by atoms with Crippen LogP contribution in [0.2, 0.25) is 0 Å². The van der Waals surface area contributed by atoms with E-state index >= 15 is 0 Å². The van der Waals surface area contributed by atoms with Crippen LogP contribution in [0.25, 0.3) is 0 Å². The molecule has 4 nitrogen and oxygen atoms in total. The number of nitrogens with zero attached hydrogens (tertiary/aromatic N) is 1. The second-order valence-electron chi connectivity index (χ2n) is 6.51. The Labute approximate surface area is 142 Å². The van der Waals surface area contributed by atoms with Crippen molar-refractivity contribution < 1.29 is 9.59 Å². The smallest absolute Gasteiger partial charge is 0.256 e. The maximum atomic E-state index is 12.8. The molecule has 0 spiro atoms. The highest BCUT2D eigenvalue weighted by molar-refractivity contribution is 6.23. The zero-order valence-electron chi connectivity index (χ0n) is 14.5. The Balaban J connectivity index is 1.88.